The maximum absolute atomic E-state index is 14.4. The highest BCUT2D eigenvalue weighted by atomic mass is 32.2. The molecule has 0 saturated heterocycles. The van der Waals surface area contributed by atoms with Gasteiger partial charge in [0.2, 0.25) is 11.8 Å². The zero-order valence-corrected chi connectivity index (χ0v) is 26.3. The molecule has 230 valence electrons. The van der Waals surface area contributed by atoms with E-state index in [1.165, 1.54) is 29.2 Å². The van der Waals surface area contributed by atoms with E-state index in [1.54, 1.807) is 44.2 Å². The van der Waals surface area contributed by atoms with Crippen molar-refractivity contribution in [1.82, 2.24) is 10.2 Å². The first-order valence-corrected chi connectivity index (χ1v) is 16.0. The van der Waals surface area contributed by atoms with Gasteiger partial charge in [0.15, 0.2) is 0 Å². The molecular formula is C35H38FN3O4S. The Labute approximate surface area is 259 Å². The third-order valence-corrected chi connectivity index (χ3v) is 9.18. The number of sulfonamides is 1. The lowest BCUT2D eigenvalue weighted by Crippen LogP contribution is -2.53. The number of halogens is 1. The molecule has 0 fully saturated rings. The van der Waals surface area contributed by atoms with Gasteiger partial charge in [-0.05, 0) is 80.3 Å². The van der Waals surface area contributed by atoms with Crippen molar-refractivity contribution < 1.29 is 22.4 Å². The second-order valence-corrected chi connectivity index (χ2v) is 12.7. The van der Waals surface area contributed by atoms with Crippen molar-refractivity contribution >= 4 is 27.5 Å². The van der Waals surface area contributed by atoms with Crippen LogP contribution >= 0.6 is 0 Å². The van der Waals surface area contributed by atoms with Crippen molar-refractivity contribution in [3.05, 3.63) is 131 Å². The van der Waals surface area contributed by atoms with Crippen molar-refractivity contribution in [2.75, 3.05) is 17.4 Å². The molecule has 0 bridgehead atoms. The van der Waals surface area contributed by atoms with Gasteiger partial charge in [0.05, 0.1) is 10.6 Å². The van der Waals surface area contributed by atoms with Crippen LogP contribution in [-0.2, 0) is 32.6 Å². The zero-order valence-electron chi connectivity index (χ0n) is 25.5. The summed E-state index contributed by atoms with van der Waals surface area (Å²) in [6, 6.07) is 26.0. The van der Waals surface area contributed by atoms with Crippen LogP contribution in [0.3, 0.4) is 0 Å². The van der Waals surface area contributed by atoms with Crippen molar-refractivity contribution in [3.8, 4) is 0 Å². The normalized spacial score (nSPS) is 11.9. The van der Waals surface area contributed by atoms with Gasteiger partial charge < -0.3 is 10.2 Å². The lowest BCUT2D eigenvalue weighted by atomic mass is 10.0. The van der Waals surface area contributed by atoms with Crippen LogP contribution in [0.5, 0.6) is 0 Å². The first-order chi connectivity index (χ1) is 21.0. The van der Waals surface area contributed by atoms with Gasteiger partial charge >= 0.3 is 0 Å². The van der Waals surface area contributed by atoms with Gasteiger partial charge in [-0.25, -0.2) is 12.8 Å². The van der Waals surface area contributed by atoms with Crippen molar-refractivity contribution in [2.24, 2.45) is 0 Å². The number of likely N-dealkylation sites (N-methyl/N-ethyl adjacent to an activating group) is 1. The van der Waals surface area contributed by atoms with Gasteiger partial charge in [0.25, 0.3) is 10.0 Å². The second kappa shape index (κ2) is 14.3. The summed E-state index contributed by atoms with van der Waals surface area (Å²) in [6.45, 7) is 7.07. The van der Waals surface area contributed by atoms with Gasteiger partial charge in [0.1, 0.15) is 18.4 Å². The van der Waals surface area contributed by atoms with Crippen molar-refractivity contribution in [3.63, 3.8) is 0 Å². The highest BCUT2D eigenvalue weighted by Crippen LogP contribution is 2.29. The first kappa shape index (κ1) is 32.4. The van der Waals surface area contributed by atoms with E-state index in [2.05, 4.69) is 5.32 Å². The molecule has 7 nitrogen and oxygen atoms in total. The summed E-state index contributed by atoms with van der Waals surface area (Å²) in [6.07, 6.45) is 0.202. The van der Waals surface area contributed by atoms with Crippen LogP contribution in [0.1, 0.15) is 34.7 Å². The van der Waals surface area contributed by atoms with E-state index in [1.807, 2.05) is 56.3 Å². The third-order valence-electron chi connectivity index (χ3n) is 7.41. The van der Waals surface area contributed by atoms with E-state index in [4.69, 9.17) is 0 Å². The molecule has 0 spiro atoms. The average molecular weight is 616 g/mol. The molecule has 0 unspecified atom stereocenters. The molecule has 0 aliphatic heterocycles. The van der Waals surface area contributed by atoms with E-state index in [9.17, 15) is 22.4 Å². The van der Waals surface area contributed by atoms with Gasteiger partial charge in [-0.1, -0.05) is 72.3 Å². The molecule has 4 aromatic carbocycles. The summed E-state index contributed by atoms with van der Waals surface area (Å²) in [4.78, 5) is 29.4. The highest BCUT2D eigenvalue weighted by molar-refractivity contribution is 7.92. The van der Waals surface area contributed by atoms with Gasteiger partial charge in [0, 0.05) is 19.5 Å². The topological polar surface area (TPSA) is 86.8 Å². The molecule has 2 amide bonds. The van der Waals surface area contributed by atoms with Gasteiger partial charge in [-0.2, -0.15) is 0 Å². The number of carbonyl (C=O) groups excluding carboxylic acids is 2. The van der Waals surface area contributed by atoms with Crippen LogP contribution in [0, 0.1) is 26.6 Å². The minimum atomic E-state index is -4.20. The second-order valence-electron chi connectivity index (χ2n) is 10.9. The molecule has 44 heavy (non-hydrogen) atoms. The largest absolute Gasteiger partial charge is 0.355 e. The Morgan fingerprint density at radius 3 is 2.09 bits per heavy atom. The molecule has 0 aliphatic carbocycles. The Morgan fingerprint density at radius 1 is 0.818 bits per heavy atom. The van der Waals surface area contributed by atoms with Crippen molar-refractivity contribution in [2.45, 2.75) is 51.6 Å². The Kier molecular flexibility index (Phi) is 10.5. The fourth-order valence-corrected chi connectivity index (χ4v) is 6.44. The zero-order chi connectivity index (χ0) is 31.9. The minimum absolute atomic E-state index is 0.0288. The predicted octanol–water partition coefficient (Wildman–Crippen LogP) is 5.72. The molecule has 0 heterocycles. The number of nitrogens with zero attached hydrogens (tertiary/aromatic N) is 2. The summed E-state index contributed by atoms with van der Waals surface area (Å²) in [5.41, 5.74) is 4.21. The van der Waals surface area contributed by atoms with Crippen LogP contribution in [0.4, 0.5) is 10.1 Å². The molecule has 4 rings (SSSR count). The van der Waals surface area contributed by atoms with Crippen LogP contribution in [0.25, 0.3) is 0 Å². The predicted molar refractivity (Wildman–Crippen MR) is 171 cm³/mol. The maximum atomic E-state index is 14.4. The Bertz CT molecular complexity index is 1690. The Morgan fingerprint density at radius 2 is 1.45 bits per heavy atom. The SMILES string of the molecule is CCNC(=O)[C@H](Cc1ccccc1)N(Cc1ccc(F)cc1)C(=O)CN(c1cc(C)ccc1C)S(=O)(=O)c1ccc(C)cc1. The van der Waals surface area contributed by atoms with E-state index < -0.39 is 34.3 Å². The summed E-state index contributed by atoms with van der Waals surface area (Å²) >= 11 is 0. The number of amides is 2. The number of rotatable bonds is 12. The first-order valence-electron chi connectivity index (χ1n) is 14.5. The number of hydrogen-bond donors (Lipinski definition) is 1. The molecule has 0 aliphatic rings. The number of anilines is 1. The average Bonchev–Trinajstić information content (AvgIpc) is 3.00. The fraction of sp³-hybridized carbons (Fsp3) is 0.257. The summed E-state index contributed by atoms with van der Waals surface area (Å²) in [5.74, 6) is -1.37. The smallest absolute Gasteiger partial charge is 0.264 e. The monoisotopic (exact) mass is 615 g/mol. The maximum Gasteiger partial charge on any atom is 0.264 e. The van der Waals surface area contributed by atoms with E-state index in [0.29, 0.717) is 23.4 Å². The number of hydrogen-bond acceptors (Lipinski definition) is 4. The molecular weight excluding hydrogens is 577 g/mol. The van der Waals surface area contributed by atoms with Crippen LogP contribution in [-0.4, -0.2) is 44.3 Å². The quantitative estimate of drug-likeness (QED) is 0.221. The minimum Gasteiger partial charge on any atom is -0.355 e. The molecule has 0 radical (unpaired) electrons. The highest BCUT2D eigenvalue weighted by Gasteiger charge is 2.35. The molecule has 0 saturated carbocycles. The lowest BCUT2D eigenvalue weighted by Gasteiger charge is -2.34. The number of aryl methyl sites for hydroxylation is 3. The number of benzene rings is 4. The number of nitrogens with one attached hydrogen (secondary N) is 1. The molecule has 0 aromatic heterocycles. The number of carbonyl (C=O) groups is 2. The summed E-state index contributed by atoms with van der Waals surface area (Å²) in [7, 11) is -4.20. The van der Waals surface area contributed by atoms with E-state index in [-0.39, 0.29) is 23.8 Å². The molecule has 9 heteroatoms. The van der Waals surface area contributed by atoms with Gasteiger partial charge in [-0.3, -0.25) is 13.9 Å². The summed E-state index contributed by atoms with van der Waals surface area (Å²) in [5, 5.41) is 2.83. The fourth-order valence-electron chi connectivity index (χ4n) is 4.97. The Balaban J connectivity index is 1.82. The third kappa shape index (κ3) is 7.90. The van der Waals surface area contributed by atoms with Crippen LogP contribution < -0.4 is 9.62 Å². The van der Waals surface area contributed by atoms with Crippen LogP contribution in [0.2, 0.25) is 0 Å². The summed E-state index contributed by atoms with van der Waals surface area (Å²) < 4.78 is 43.3. The molecule has 4 aromatic rings. The van der Waals surface area contributed by atoms with Crippen LogP contribution in [0.15, 0.2) is 102 Å². The molecule has 1 N–H and O–H groups in total. The van der Waals surface area contributed by atoms with Crippen molar-refractivity contribution in [1.29, 1.82) is 0 Å². The lowest BCUT2D eigenvalue weighted by molar-refractivity contribution is -0.140. The van der Waals surface area contributed by atoms with E-state index >= 15 is 0 Å². The van der Waals surface area contributed by atoms with E-state index in [0.717, 1.165) is 21.0 Å². The Hall–Kier alpha value is -4.50. The molecule has 1 atom stereocenters. The van der Waals surface area contributed by atoms with Gasteiger partial charge in [-0.15, -0.1) is 0 Å². The standard InChI is InChI=1S/C35H38FN3O4S/c1-5-37-35(41)33(22-28-9-7-6-8-10-28)38(23-29-15-17-30(36)18-16-29)34(40)24-39(32-21-26(3)11-14-27(32)4)44(42,43)31-19-12-25(2)13-20-31/h6-21,33H,5,22-24H2,1-4H3,(H,37,41)/t33-/m0/s1.